The zero-order valence-electron chi connectivity index (χ0n) is 14.2. The van der Waals surface area contributed by atoms with Crippen LogP contribution in [0, 0.1) is 6.92 Å². The lowest BCUT2D eigenvalue weighted by Gasteiger charge is -2.10. The van der Waals surface area contributed by atoms with E-state index >= 15 is 0 Å². The highest BCUT2D eigenvalue weighted by Crippen LogP contribution is 2.22. The van der Waals surface area contributed by atoms with Crippen LogP contribution in [0.2, 0.25) is 0 Å². The van der Waals surface area contributed by atoms with Crippen molar-refractivity contribution in [2.75, 3.05) is 6.61 Å². The van der Waals surface area contributed by atoms with Crippen LogP contribution in [0.25, 0.3) is 16.8 Å². The number of ether oxygens (including phenoxy) is 1. The summed E-state index contributed by atoms with van der Waals surface area (Å²) in [6.45, 7) is 4.01. The van der Waals surface area contributed by atoms with Gasteiger partial charge in [0, 0.05) is 6.20 Å². The van der Waals surface area contributed by atoms with E-state index in [9.17, 15) is 9.35 Å². The molecule has 0 aliphatic heterocycles. The minimum absolute atomic E-state index is 0.216. The summed E-state index contributed by atoms with van der Waals surface area (Å²) in [6.07, 6.45) is 4.88. The van der Waals surface area contributed by atoms with Crippen molar-refractivity contribution >= 4 is 34.1 Å². The molecule has 1 unspecified atom stereocenters. The van der Waals surface area contributed by atoms with E-state index in [1.165, 1.54) is 0 Å². The molecule has 4 aromatic rings. The Bertz CT molecular complexity index is 1100. The molecule has 8 heteroatoms. The molecule has 0 fully saturated rings. The average molecular weight is 368 g/mol. The molecule has 0 aliphatic rings. The van der Waals surface area contributed by atoms with Crippen LogP contribution in [0.15, 0.2) is 53.8 Å². The summed E-state index contributed by atoms with van der Waals surface area (Å²) < 4.78 is 21.2. The fourth-order valence-electron chi connectivity index (χ4n) is 2.71. The normalized spacial score (nSPS) is 12.6. The molecule has 0 bridgehead atoms. The Kier molecular flexibility index (Phi) is 4.14. The van der Waals surface area contributed by atoms with E-state index in [4.69, 9.17) is 4.74 Å². The summed E-state index contributed by atoms with van der Waals surface area (Å²) >= 11 is -1.42. The number of aryl methyl sites for hydroxylation is 1. The summed E-state index contributed by atoms with van der Waals surface area (Å²) in [5.41, 5.74) is 3.11. The van der Waals surface area contributed by atoms with Gasteiger partial charge in [-0.2, -0.15) is 0 Å². The maximum Gasteiger partial charge on any atom is 0.358 e. The Hall–Kier alpha value is -2.84. The minimum atomic E-state index is -1.42. The predicted molar refractivity (Wildman–Crippen MR) is 97.4 cm³/mol. The highest BCUT2D eigenvalue weighted by Gasteiger charge is 2.20. The van der Waals surface area contributed by atoms with Gasteiger partial charge in [-0.15, -0.1) is 3.97 Å². The highest BCUT2D eigenvalue weighted by molar-refractivity contribution is 7.90. The molecule has 1 aromatic carbocycles. The Morgan fingerprint density at radius 3 is 2.77 bits per heavy atom. The van der Waals surface area contributed by atoms with Gasteiger partial charge in [0.05, 0.1) is 24.5 Å². The van der Waals surface area contributed by atoms with Gasteiger partial charge in [0.2, 0.25) is 5.65 Å². The molecular formula is C18H16N4O3S. The van der Waals surface area contributed by atoms with Crippen molar-refractivity contribution in [1.82, 2.24) is 18.3 Å². The van der Waals surface area contributed by atoms with Gasteiger partial charge in [-0.25, -0.2) is 14.8 Å². The van der Waals surface area contributed by atoms with E-state index in [1.54, 1.807) is 40.0 Å². The van der Waals surface area contributed by atoms with Crippen LogP contribution in [0.3, 0.4) is 0 Å². The summed E-state index contributed by atoms with van der Waals surface area (Å²) in [7, 11) is 0. The first-order valence-corrected chi connectivity index (χ1v) is 9.20. The molecule has 0 radical (unpaired) electrons. The van der Waals surface area contributed by atoms with Crippen LogP contribution >= 0.6 is 0 Å². The first-order valence-electron chi connectivity index (χ1n) is 8.09. The Morgan fingerprint density at radius 1 is 1.27 bits per heavy atom. The lowest BCUT2D eigenvalue weighted by atomic mass is 10.2. The minimum Gasteiger partial charge on any atom is -0.587 e. The molecule has 1 atom stereocenters. The van der Waals surface area contributed by atoms with Gasteiger partial charge >= 0.3 is 5.97 Å². The number of benzene rings is 1. The van der Waals surface area contributed by atoms with E-state index in [2.05, 4.69) is 9.97 Å². The predicted octanol–water partition coefficient (Wildman–Crippen LogP) is 2.74. The second kappa shape index (κ2) is 6.47. The van der Waals surface area contributed by atoms with Crippen molar-refractivity contribution in [3.8, 4) is 0 Å². The SMILES string of the molecule is CCOC(=O)c1cn2c(cnc3c2ccn3[S+]([O-])c2ccc(C)cc2)n1. The molecule has 4 rings (SSSR count). The molecule has 0 N–H and O–H groups in total. The van der Waals surface area contributed by atoms with Gasteiger partial charge < -0.3 is 9.29 Å². The van der Waals surface area contributed by atoms with E-state index in [1.807, 2.05) is 31.2 Å². The fourth-order valence-corrected chi connectivity index (χ4v) is 3.78. The van der Waals surface area contributed by atoms with Gasteiger partial charge in [-0.1, -0.05) is 17.7 Å². The van der Waals surface area contributed by atoms with Crippen LogP contribution in [0.1, 0.15) is 23.0 Å². The zero-order valence-corrected chi connectivity index (χ0v) is 15.1. The van der Waals surface area contributed by atoms with Crippen LogP contribution in [-0.2, 0) is 16.1 Å². The number of hydrogen-bond acceptors (Lipinski definition) is 5. The summed E-state index contributed by atoms with van der Waals surface area (Å²) in [5, 5.41) is 0. The smallest absolute Gasteiger partial charge is 0.358 e. The number of esters is 1. The number of imidazole rings is 1. The second-order valence-corrected chi connectivity index (χ2v) is 7.11. The zero-order chi connectivity index (χ0) is 18.3. The Balaban J connectivity index is 1.79. The van der Waals surface area contributed by atoms with Crippen LogP contribution in [0.4, 0.5) is 0 Å². The van der Waals surface area contributed by atoms with Gasteiger partial charge in [-0.3, -0.25) is 4.40 Å². The first-order chi connectivity index (χ1) is 12.6. The van der Waals surface area contributed by atoms with Crippen molar-refractivity contribution in [3.05, 3.63) is 60.2 Å². The molecule has 0 saturated carbocycles. The molecule has 3 heterocycles. The number of nitrogens with zero attached hydrogens (tertiary/aromatic N) is 4. The van der Waals surface area contributed by atoms with E-state index < -0.39 is 17.3 Å². The number of aromatic nitrogens is 4. The molecule has 0 amide bonds. The van der Waals surface area contributed by atoms with Crippen LogP contribution in [-0.4, -0.2) is 35.5 Å². The maximum absolute atomic E-state index is 12.9. The monoisotopic (exact) mass is 368 g/mol. The lowest BCUT2D eigenvalue weighted by molar-refractivity contribution is 0.0520. The third-order valence-corrected chi connectivity index (χ3v) is 5.31. The standard InChI is InChI=1S/C18H16N4O3S/c1-3-25-18(23)14-11-21-15-8-9-22(17(15)19-10-16(21)20-14)26(24)13-6-4-12(2)5-7-13/h4-11H,3H2,1-2H3. The number of rotatable bonds is 4. The van der Waals surface area contributed by atoms with Gasteiger partial charge in [0.25, 0.3) is 0 Å². The van der Waals surface area contributed by atoms with Crippen molar-refractivity contribution in [2.45, 2.75) is 18.7 Å². The molecule has 0 aliphatic carbocycles. The van der Waals surface area contributed by atoms with E-state index in [-0.39, 0.29) is 12.3 Å². The quantitative estimate of drug-likeness (QED) is 0.408. The Labute approximate surface area is 152 Å². The number of carbonyl (C=O) groups excluding carboxylic acids is 1. The molecule has 0 spiro atoms. The molecule has 7 nitrogen and oxygen atoms in total. The third-order valence-electron chi connectivity index (χ3n) is 3.99. The van der Waals surface area contributed by atoms with Gasteiger partial charge in [-0.05, 0) is 32.0 Å². The van der Waals surface area contributed by atoms with Crippen molar-refractivity contribution in [1.29, 1.82) is 0 Å². The first kappa shape index (κ1) is 16.6. The van der Waals surface area contributed by atoms with Crippen LogP contribution in [0.5, 0.6) is 0 Å². The summed E-state index contributed by atoms with van der Waals surface area (Å²) in [5.74, 6) is -0.480. The number of carbonyl (C=O) groups is 1. The fraction of sp³-hybridized carbons (Fsp3) is 0.167. The molecule has 132 valence electrons. The average Bonchev–Trinajstić information content (AvgIpc) is 3.25. The highest BCUT2D eigenvalue weighted by atomic mass is 32.2. The maximum atomic E-state index is 12.9. The number of hydrogen-bond donors (Lipinski definition) is 0. The third kappa shape index (κ3) is 2.73. The number of fused-ring (bicyclic) bond motifs is 3. The van der Waals surface area contributed by atoms with Crippen molar-refractivity contribution in [2.24, 2.45) is 0 Å². The topological polar surface area (TPSA) is 84.5 Å². The summed E-state index contributed by atoms with van der Waals surface area (Å²) in [6, 6.07) is 9.33. The largest absolute Gasteiger partial charge is 0.587 e. The molecule has 0 saturated heterocycles. The Morgan fingerprint density at radius 2 is 2.04 bits per heavy atom. The van der Waals surface area contributed by atoms with Crippen molar-refractivity contribution in [3.63, 3.8) is 0 Å². The van der Waals surface area contributed by atoms with Crippen LogP contribution < -0.4 is 0 Å². The molecule has 26 heavy (non-hydrogen) atoms. The van der Waals surface area contributed by atoms with Gasteiger partial charge in [0.1, 0.15) is 11.4 Å². The summed E-state index contributed by atoms with van der Waals surface area (Å²) in [4.78, 5) is 21.2. The van der Waals surface area contributed by atoms with Gasteiger partial charge in [0.15, 0.2) is 16.2 Å². The molecule has 3 aromatic heterocycles. The van der Waals surface area contributed by atoms with E-state index in [0.717, 1.165) is 5.56 Å². The lowest BCUT2D eigenvalue weighted by Crippen LogP contribution is -2.12. The van der Waals surface area contributed by atoms with Crippen molar-refractivity contribution < 1.29 is 14.1 Å². The van der Waals surface area contributed by atoms with E-state index in [0.29, 0.717) is 21.7 Å². The molecular weight excluding hydrogens is 352 g/mol. The second-order valence-electron chi connectivity index (χ2n) is 5.75.